The Morgan fingerprint density at radius 2 is 1.94 bits per heavy atom. The van der Waals surface area contributed by atoms with Gasteiger partial charge in [0.15, 0.2) is 5.94 Å². The van der Waals surface area contributed by atoms with Crippen molar-refractivity contribution in [1.82, 2.24) is 20.4 Å². The molecule has 1 aromatic heterocycles. The predicted molar refractivity (Wildman–Crippen MR) is 132 cm³/mol. The molecule has 8 heteroatoms. The van der Waals surface area contributed by atoms with Crippen LogP contribution in [0.4, 0.5) is 8.78 Å². The number of hydrogen-bond acceptors (Lipinski definition) is 5. The largest absolute Gasteiger partial charge is 0.365 e. The Balaban J connectivity index is 1.56. The molecule has 2 N–H and O–H groups in total. The Hall–Kier alpha value is -4.31. The highest BCUT2D eigenvalue weighted by atomic mass is 19.1. The van der Waals surface area contributed by atoms with Crippen molar-refractivity contribution in [2.75, 3.05) is 20.1 Å². The van der Waals surface area contributed by atoms with Crippen LogP contribution in [0.3, 0.4) is 0 Å². The number of nitrogens with zero attached hydrogens (tertiary/aromatic N) is 3. The van der Waals surface area contributed by atoms with Gasteiger partial charge in [0, 0.05) is 47.8 Å². The summed E-state index contributed by atoms with van der Waals surface area (Å²) in [4.78, 5) is 13.5. The van der Waals surface area contributed by atoms with Crippen LogP contribution in [-0.4, -0.2) is 41.2 Å². The molecule has 0 saturated heterocycles. The van der Waals surface area contributed by atoms with Crippen LogP contribution >= 0.6 is 0 Å². The number of carbonyl (C=O) groups excluding carboxylic acids is 1. The predicted octanol–water partition coefficient (Wildman–Crippen LogP) is 4.35. The molecule has 0 radical (unpaired) electrons. The molecule has 6 rings (SSSR count). The fraction of sp³-hybridized carbons (Fsp3) is 0.214. The second-order valence-corrected chi connectivity index (χ2v) is 9.23. The van der Waals surface area contributed by atoms with Gasteiger partial charge in [-0.3, -0.25) is 5.10 Å². The Labute approximate surface area is 205 Å². The van der Waals surface area contributed by atoms with Crippen LogP contribution in [-0.2, 0) is 24.2 Å². The lowest BCUT2D eigenvalue weighted by atomic mass is 9.90. The van der Waals surface area contributed by atoms with E-state index in [1.807, 2.05) is 36.1 Å². The Kier molecular flexibility index (Phi) is 5.18. The second kappa shape index (κ2) is 8.42. The zero-order valence-electron chi connectivity index (χ0n) is 19.5. The quantitative estimate of drug-likeness (QED) is 0.416. The highest BCUT2D eigenvalue weighted by Crippen LogP contribution is 2.38. The van der Waals surface area contributed by atoms with Crippen molar-refractivity contribution < 1.29 is 13.6 Å². The van der Waals surface area contributed by atoms with Crippen molar-refractivity contribution in [1.29, 1.82) is 5.26 Å². The number of nitrogens with one attached hydrogen (secondary N) is 2. The summed E-state index contributed by atoms with van der Waals surface area (Å²) in [7, 11) is 1.85. The third-order valence-electron chi connectivity index (χ3n) is 7.21. The average Bonchev–Trinajstić information content (AvgIpc) is 3.30. The highest BCUT2D eigenvalue weighted by Gasteiger charge is 2.25. The van der Waals surface area contributed by atoms with Gasteiger partial charge in [-0.1, -0.05) is 12.1 Å². The zero-order chi connectivity index (χ0) is 25.0. The summed E-state index contributed by atoms with van der Waals surface area (Å²) < 4.78 is 30.9. The van der Waals surface area contributed by atoms with Crippen molar-refractivity contribution >= 4 is 22.5 Å². The summed E-state index contributed by atoms with van der Waals surface area (Å²) >= 11 is 0. The minimum absolute atomic E-state index is 0.150. The van der Waals surface area contributed by atoms with E-state index in [0.717, 1.165) is 29.7 Å². The van der Waals surface area contributed by atoms with Crippen molar-refractivity contribution in [3.05, 3.63) is 75.8 Å². The summed E-state index contributed by atoms with van der Waals surface area (Å²) in [5, 5.41) is 21.0. The normalized spacial score (nSPS) is 14.8. The number of benzene rings is 3. The Bertz CT molecular complexity index is 1660. The molecule has 0 unspecified atom stereocenters. The molecule has 0 spiro atoms. The van der Waals surface area contributed by atoms with Crippen molar-refractivity contribution in [3.63, 3.8) is 0 Å². The molecule has 36 heavy (non-hydrogen) atoms. The van der Waals surface area contributed by atoms with Crippen LogP contribution < -0.4 is 5.32 Å². The molecule has 0 atom stereocenters. The maximum atomic E-state index is 15.6. The zero-order valence-corrected chi connectivity index (χ0v) is 19.5. The minimum Gasteiger partial charge on any atom is -0.365 e. The van der Waals surface area contributed by atoms with Crippen LogP contribution in [0.25, 0.3) is 39.0 Å². The highest BCUT2D eigenvalue weighted by molar-refractivity contribution is 5.98. The maximum Gasteiger partial charge on any atom is 0.151 e. The SMILES string of the molecule is CN1CCc2ccc(-c3n[nH]c4cc(C#N)c(-c5c(F)cc6c(c5F)CNCC6)cc34)cc2C1=C=O. The molecular formula is C28H21F2N5O. The van der Waals surface area contributed by atoms with Crippen LogP contribution in [0, 0.1) is 23.0 Å². The number of likely N-dealkylation sites (N-methyl/N-ethyl adjacent to an activating group) is 1. The molecular weight excluding hydrogens is 460 g/mol. The molecule has 0 amide bonds. The van der Waals surface area contributed by atoms with Gasteiger partial charge in [-0.25, -0.2) is 13.6 Å². The minimum atomic E-state index is -0.688. The molecule has 0 saturated carbocycles. The molecule has 2 aliphatic heterocycles. The van der Waals surface area contributed by atoms with Gasteiger partial charge in [0.2, 0.25) is 0 Å². The first-order valence-electron chi connectivity index (χ1n) is 11.7. The van der Waals surface area contributed by atoms with Crippen LogP contribution in [0.1, 0.15) is 27.8 Å². The lowest BCUT2D eigenvalue weighted by Gasteiger charge is -2.27. The standard InChI is InChI=1S/C28H21F2N5O/c1-35-7-5-15-2-3-17(8-19(15)25(35)14-36)28-21-11-20(18(12-31)10-24(21)33-34-28)26-23(29)9-16-4-6-32-13-22(16)27(26)30/h2-3,8-11,32H,4-7,13H2,1H3,(H,33,34). The number of halogens is 2. The number of aromatic amines is 1. The number of hydrogen-bond donors (Lipinski definition) is 2. The van der Waals surface area contributed by atoms with E-state index in [4.69, 9.17) is 0 Å². The van der Waals surface area contributed by atoms with E-state index in [0.29, 0.717) is 52.9 Å². The number of rotatable bonds is 2. The van der Waals surface area contributed by atoms with Gasteiger partial charge >= 0.3 is 0 Å². The number of nitriles is 1. The van der Waals surface area contributed by atoms with Crippen LogP contribution in [0.15, 0.2) is 36.4 Å². The smallest absolute Gasteiger partial charge is 0.151 e. The van der Waals surface area contributed by atoms with E-state index in [1.165, 1.54) is 6.07 Å². The fourth-order valence-corrected chi connectivity index (χ4v) is 5.29. The summed E-state index contributed by atoms with van der Waals surface area (Å²) in [5.74, 6) is 0.711. The molecule has 0 bridgehead atoms. The van der Waals surface area contributed by atoms with Crippen LogP contribution in [0.5, 0.6) is 0 Å². The Morgan fingerprint density at radius 3 is 2.75 bits per heavy atom. The average molecular weight is 482 g/mol. The molecule has 0 fully saturated rings. The molecule has 3 aromatic carbocycles. The lowest BCUT2D eigenvalue weighted by molar-refractivity contribution is 0.467. The summed E-state index contributed by atoms with van der Waals surface area (Å²) in [6, 6.07) is 12.4. The number of aromatic nitrogens is 2. The van der Waals surface area contributed by atoms with Crippen LogP contribution in [0.2, 0.25) is 0 Å². The van der Waals surface area contributed by atoms with Gasteiger partial charge in [-0.15, -0.1) is 0 Å². The van der Waals surface area contributed by atoms with E-state index in [1.54, 1.807) is 12.1 Å². The van der Waals surface area contributed by atoms with Crippen molar-refractivity contribution in [2.45, 2.75) is 19.4 Å². The number of fused-ring (bicyclic) bond motifs is 3. The molecule has 178 valence electrons. The lowest BCUT2D eigenvalue weighted by Crippen LogP contribution is -2.25. The van der Waals surface area contributed by atoms with Gasteiger partial charge in [0.1, 0.15) is 17.3 Å². The van der Waals surface area contributed by atoms with Crippen molar-refractivity contribution in [3.8, 4) is 28.5 Å². The third kappa shape index (κ3) is 3.33. The van der Waals surface area contributed by atoms with Gasteiger partial charge < -0.3 is 10.2 Å². The molecule has 4 aromatic rings. The molecule has 2 aliphatic rings. The van der Waals surface area contributed by atoms with E-state index >= 15 is 8.78 Å². The van der Waals surface area contributed by atoms with Gasteiger partial charge in [-0.2, -0.15) is 10.4 Å². The van der Waals surface area contributed by atoms with E-state index in [9.17, 15) is 10.1 Å². The molecule has 3 heterocycles. The first-order valence-corrected chi connectivity index (χ1v) is 11.7. The molecule has 6 nitrogen and oxygen atoms in total. The van der Waals surface area contributed by atoms with E-state index < -0.39 is 11.6 Å². The first-order chi connectivity index (χ1) is 17.5. The van der Waals surface area contributed by atoms with Crippen molar-refractivity contribution in [2.24, 2.45) is 0 Å². The summed E-state index contributed by atoms with van der Waals surface area (Å²) in [5.41, 5.74) is 5.42. The van der Waals surface area contributed by atoms with E-state index in [-0.39, 0.29) is 16.7 Å². The topological polar surface area (TPSA) is 84.8 Å². The fourth-order valence-electron chi connectivity index (χ4n) is 5.29. The maximum absolute atomic E-state index is 15.6. The number of H-pyrrole nitrogens is 1. The summed E-state index contributed by atoms with van der Waals surface area (Å²) in [6.45, 7) is 1.71. The summed E-state index contributed by atoms with van der Waals surface area (Å²) in [6.07, 6.45) is 1.35. The van der Waals surface area contributed by atoms with Gasteiger partial charge in [0.05, 0.1) is 28.4 Å². The first kappa shape index (κ1) is 22.2. The van der Waals surface area contributed by atoms with Gasteiger partial charge in [-0.05, 0) is 54.8 Å². The monoisotopic (exact) mass is 481 g/mol. The third-order valence-corrected chi connectivity index (χ3v) is 7.21. The Morgan fingerprint density at radius 1 is 1.08 bits per heavy atom. The second-order valence-electron chi connectivity index (χ2n) is 9.23. The van der Waals surface area contributed by atoms with Gasteiger partial charge in [0.25, 0.3) is 0 Å². The van der Waals surface area contributed by atoms with E-state index in [2.05, 4.69) is 21.6 Å². The molecule has 0 aliphatic carbocycles.